The summed E-state index contributed by atoms with van der Waals surface area (Å²) in [5, 5.41) is 2.82. The van der Waals surface area contributed by atoms with Gasteiger partial charge in [0.15, 0.2) is 17.3 Å². The van der Waals surface area contributed by atoms with Gasteiger partial charge in [-0.3, -0.25) is 14.4 Å². The molecule has 1 atom stereocenters. The van der Waals surface area contributed by atoms with Crippen LogP contribution in [0.5, 0.6) is 11.5 Å². The lowest BCUT2D eigenvalue weighted by Crippen LogP contribution is -2.30. The van der Waals surface area contributed by atoms with E-state index >= 15 is 0 Å². The Hall–Kier alpha value is -3.35. The molecule has 7 nitrogen and oxygen atoms in total. The number of methoxy groups -OCH3 is 2. The largest absolute Gasteiger partial charge is 0.493 e. The molecule has 1 aliphatic heterocycles. The fourth-order valence-electron chi connectivity index (χ4n) is 3.52. The smallest absolute Gasteiger partial charge is 0.229 e. The van der Waals surface area contributed by atoms with Crippen molar-refractivity contribution in [2.75, 3.05) is 32.6 Å². The molecule has 2 aromatic carbocycles. The van der Waals surface area contributed by atoms with Crippen LogP contribution in [0.25, 0.3) is 0 Å². The number of amides is 2. The zero-order chi connectivity index (χ0) is 21.7. The van der Waals surface area contributed by atoms with Crippen molar-refractivity contribution in [1.82, 2.24) is 4.90 Å². The van der Waals surface area contributed by atoms with Crippen molar-refractivity contribution in [2.24, 2.45) is 5.92 Å². The Kier molecular flexibility index (Phi) is 6.72. The van der Waals surface area contributed by atoms with Gasteiger partial charge in [0.2, 0.25) is 11.8 Å². The molecular formula is C23H26N2O5. The molecule has 3 rings (SSSR count). The highest BCUT2D eigenvalue weighted by Crippen LogP contribution is 2.28. The molecule has 2 aromatic rings. The van der Waals surface area contributed by atoms with Gasteiger partial charge in [-0.25, -0.2) is 0 Å². The van der Waals surface area contributed by atoms with Crippen LogP contribution in [0.2, 0.25) is 0 Å². The molecule has 1 aliphatic rings. The molecule has 30 heavy (non-hydrogen) atoms. The number of anilines is 1. The number of Topliss-reactive ketones (excluding diaryl/α,β-unsaturated/α-hetero) is 1. The highest BCUT2D eigenvalue weighted by molar-refractivity contribution is 5.99. The molecule has 0 bridgehead atoms. The Labute approximate surface area is 176 Å². The average Bonchev–Trinajstić information content (AvgIpc) is 3.12. The van der Waals surface area contributed by atoms with Crippen LogP contribution in [-0.2, 0) is 16.0 Å². The summed E-state index contributed by atoms with van der Waals surface area (Å²) in [5.74, 6) is 0.579. The van der Waals surface area contributed by atoms with Crippen LogP contribution in [-0.4, -0.2) is 49.8 Å². The second-order valence-electron chi connectivity index (χ2n) is 7.31. The van der Waals surface area contributed by atoms with E-state index in [1.807, 2.05) is 18.2 Å². The van der Waals surface area contributed by atoms with E-state index in [0.29, 0.717) is 42.3 Å². The predicted molar refractivity (Wildman–Crippen MR) is 113 cm³/mol. The lowest BCUT2D eigenvalue weighted by Gasteiger charge is -2.17. The minimum Gasteiger partial charge on any atom is -0.493 e. The van der Waals surface area contributed by atoms with E-state index in [0.717, 1.165) is 5.56 Å². The lowest BCUT2D eigenvalue weighted by atomic mass is 10.1. The molecule has 1 heterocycles. The number of benzene rings is 2. The van der Waals surface area contributed by atoms with Crippen LogP contribution in [0.4, 0.5) is 5.69 Å². The van der Waals surface area contributed by atoms with E-state index < -0.39 is 5.92 Å². The van der Waals surface area contributed by atoms with Crippen LogP contribution in [0, 0.1) is 5.92 Å². The summed E-state index contributed by atoms with van der Waals surface area (Å²) < 4.78 is 10.6. The maximum Gasteiger partial charge on any atom is 0.229 e. The number of hydrogen-bond acceptors (Lipinski definition) is 5. The molecule has 1 fully saturated rings. The van der Waals surface area contributed by atoms with Crippen molar-refractivity contribution in [3.8, 4) is 11.5 Å². The Morgan fingerprint density at radius 3 is 2.57 bits per heavy atom. The number of carbonyl (C=O) groups is 3. The first-order valence-corrected chi connectivity index (χ1v) is 9.81. The Morgan fingerprint density at radius 2 is 1.87 bits per heavy atom. The second-order valence-corrected chi connectivity index (χ2v) is 7.31. The highest BCUT2D eigenvalue weighted by atomic mass is 16.5. The normalized spacial score (nSPS) is 15.8. The van der Waals surface area contributed by atoms with Gasteiger partial charge in [0.25, 0.3) is 0 Å². The van der Waals surface area contributed by atoms with Gasteiger partial charge in [0, 0.05) is 30.8 Å². The van der Waals surface area contributed by atoms with Gasteiger partial charge in [-0.1, -0.05) is 18.2 Å². The predicted octanol–water partition coefficient (Wildman–Crippen LogP) is 2.94. The molecule has 0 radical (unpaired) electrons. The van der Waals surface area contributed by atoms with E-state index in [2.05, 4.69) is 5.32 Å². The molecule has 2 amide bonds. The monoisotopic (exact) mass is 410 g/mol. The van der Waals surface area contributed by atoms with Gasteiger partial charge in [-0.2, -0.15) is 0 Å². The second kappa shape index (κ2) is 9.43. The number of likely N-dealkylation sites (tertiary alicyclic amines) is 1. The fraction of sp³-hybridized carbons (Fsp3) is 0.348. The summed E-state index contributed by atoms with van der Waals surface area (Å²) >= 11 is 0. The topological polar surface area (TPSA) is 84.9 Å². The first-order valence-electron chi connectivity index (χ1n) is 9.81. The summed E-state index contributed by atoms with van der Waals surface area (Å²) in [4.78, 5) is 38.2. The van der Waals surface area contributed by atoms with Gasteiger partial charge in [0.05, 0.1) is 20.1 Å². The minimum absolute atomic E-state index is 0.0342. The molecular weight excluding hydrogens is 384 g/mol. The van der Waals surface area contributed by atoms with Crippen LogP contribution in [0.15, 0.2) is 42.5 Å². The van der Waals surface area contributed by atoms with Gasteiger partial charge in [0.1, 0.15) is 0 Å². The zero-order valence-electron chi connectivity index (χ0n) is 17.4. The fourth-order valence-corrected chi connectivity index (χ4v) is 3.52. The summed E-state index contributed by atoms with van der Waals surface area (Å²) in [6.07, 6.45) is 0.839. The summed E-state index contributed by atoms with van der Waals surface area (Å²) in [5.41, 5.74) is 2.12. The maximum absolute atomic E-state index is 12.6. The highest BCUT2D eigenvalue weighted by Gasteiger charge is 2.34. The molecule has 0 spiro atoms. The number of rotatable bonds is 8. The molecule has 7 heteroatoms. The zero-order valence-corrected chi connectivity index (χ0v) is 17.4. The van der Waals surface area contributed by atoms with E-state index in [4.69, 9.17) is 9.47 Å². The van der Waals surface area contributed by atoms with E-state index in [-0.39, 0.29) is 24.0 Å². The van der Waals surface area contributed by atoms with Crippen molar-refractivity contribution < 1.29 is 23.9 Å². The minimum atomic E-state index is -0.413. The number of nitrogens with one attached hydrogen (secondary N) is 1. The third-order valence-electron chi connectivity index (χ3n) is 5.24. The lowest BCUT2D eigenvalue weighted by molar-refractivity contribution is -0.128. The van der Waals surface area contributed by atoms with E-state index in [1.165, 1.54) is 6.92 Å². The third-order valence-corrected chi connectivity index (χ3v) is 5.24. The molecule has 1 saturated heterocycles. The molecule has 0 aliphatic carbocycles. The van der Waals surface area contributed by atoms with Crippen LogP contribution >= 0.6 is 0 Å². The third kappa shape index (κ3) is 4.97. The number of nitrogens with zero attached hydrogens (tertiary/aromatic N) is 1. The molecule has 1 N–H and O–H groups in total. The van der Waals surface area contributed by atoms with Crippen LogP contribution < -0.4 is 14.8 Å². The van der Waals surface area contributed by atoms with E-state index in [9.17, 15) is 14.4 Å². The Balaban J connectivity index is 1.57. The summed E-state index contributed by atoms with van der Waals surface area (Å²) in [6, 6.07) is 12.5. The van der Waals surface area contributed by atoms with Crippen molar-refractivity contribution in [1.29, 1.82) is 0 Å². The van der Waals surface area contributed by atoms with Crippen molar-refractivity contribution in [2.45, 2.75) is 19.8 Å². The molecule has 0 unspecified atom stereocenters. The maximum atomic E-state index is 12.6. The first kappa shape index (κ1) is 21.4. The van der Waals surface area contributed by atoms with Crippen molar-refractivity contribution in [3.63, 3.8) is 0 Å². The Bertz CT molecular complexity index is 956. The van der Waals surface area contributed by atoms with Gasteiger partial charge in [-0.15, -0.1) is 0 Å². The van der Waals surface area contributed by atoms with Crippen molar-refractivity contribution in [3.05, 3.63) is 53.6 Å². The Morgan fingerprint density at radius 1 is 1.10 bits per heavy atom. The summed E-state index contributed by atoms with van der Waals surface area (Å²) in [7, 11) is 3.17. The first-order chi connectivity index (χ1) is 14.4. The molecule has 0 aromatic heterocycles. The van der Waals surface area contributed by atoms with Crippen LogP contribution in [0.3, 0.4) is 0 Å². The standard InChI is InChI=1S/C23H26N2O5/c1-15(26)17-5-4-6-19(12-17)24-23(28)18-13-22(27)25(14-18)10-9-16-7-8-20(29-2)21(11-16)30-3/h4-8,11-12,18H,9-10,13-14H2,1-3H3,(H,24,28)/t18-/m0/s1. The summed E-state index contributed by atoms with van der Waals surface area (Å²) in [6.45, 7) is 2.38. The van der Waals surface area contributed by atoms with Gasteiger partial charge >= 0.3 is 0 Å². The quantitative estimate of drug-likeness (QED) is 0.677. The average molecular weight is 410 g/mol. The van der Waals surface area contributed by atoms with Gasteiger partial charge in [-0.05, 0) is 43.2 Å². The van der Waals surface area contributed by atoms with E-state index in [1.54, 1.807) is 43.4 Å². The number of hydrogen-bond donors (Lipinski definition) is 1. The molecule has 0 saturated carbocycles. The number of carbonyl (C=O) groups excluding carboxylic acids is 3. The van der Waals surface area contributed by atoms with Crippen LogP contribution in [0.1, 0.15) is 29.3 Å². The number of ether oxygens (including phenoxy) is 2. The van der Waals surface area contributed by atoms with Gasteiger partial charge < -0.3 is 19.7 Å². The number of ketones is 1. The SMILES string of the molecule is COc1ccc(CCN2C[C@@H](C(=O)Nc3cccc(C(C)=O)c3)CC2=O)cc1OC. The molecule has 158 valence electrons. The van der Waals surface area contributed by atoms with Crippen molar-refractivity contribution >= 4 is 23.3 Å².